The van der Waals surface area contributed by atoms with Crippen molar-refractivity contribution in [2.45, 2.75) is 24.2 Å². The third-order valence-corrected chi connectivity index (χ3v) is 5.90. The lowest BCUT2D eigenvalue weighted by atomic mass is 9.85. The smallest absolute Gasteiger partial charge is 0.261 e. The van der Waals surface area contributed by atoms with Crippen molar-refractivity contribution in [2.75, 3.05) is 6.54 Å². The van der Waals surface area contributed by atoms with Crippen LogP contribution in [-0.2, 0) is 9.05 Å². The molecule has 2 rings (SSSR count). The van der Waals surface area contributed by atoms with Crippen LogP contribution < -0.4 is 5.32 Å². The van der Waals surface area contributed by atoms with Gasteiger partial charge in [0, 0.05) is 21.7 Å². The van der Waals surface area contributed by atoms with Gasteiger partial charge in [-0.3, -0.25) is 4.79 Å². The van der Waals surface area contributed by atoms with Crippen LogP contribution in [0, 0.1) is 5.92 Å². The first-order valence-electron chi connectivity index (χ1n) is 6.01. The molecule has 1 fully saturated rings. The summed E-state index contributed by atoms with van der Waals surface area (Å²) in [5, 5.41) is 2.93. The lowest BCUT2D eigenvalue weighted by Crippen LogP contribution is -2.32. The molecule has 20 heavy (non-hydrogen) atoms. The summed E-state index contributed by atoms with van der Waals surface area (Å²) in [4.78, 5) is 11.9. The van der Waals surface area contributed by atoms with E-state index in [-0.39, 0.29) is 15.5 Å². The number of carbonyl (C=O) groups is 1. The fourth-order valence-electron chi connectivity index (χ4n) is 1.90. The van der Waals surface area contributed by atoms with Crippen molar-refractivity contribution in [2.24, 2.45) is 5.92 Å². The van der Waals surface area contributed by atoms with E-state index < -0.39 is 15.0 Å². The summed E-state index contributed by atoms with van der Waals surface area (Å²) >= 11 is 9.16. The molecular weight excluding hydrogens is 389 g/mol. The second-order valence-corrected chi connectivity index (χ2v) is 8.51. The van der Waals surface area contributed by atoms with Gasteiger partial charge in [0.1, 0.15) is 0 Å². The molecule has 1 aromatic rings. The monoisotopic (exact) mass is 399 g/mol. The van der Waals surface area contributed by atoms with Crippen molar-refractivity contribution in [3.63, 3.8) is 0 Å². The first kappa shape index (κ1) is 16.1. The van der Waals surface area contributed by atoms with Crippen molar-refractivity contribution in [3.05, 3.63) is 27.2 Å². The van der Waals surface area contributed by atoms with Crippen LogP contribution in [0.25, 0.3) is 0 Å². The van der Waals surface area contributed by atoms with E-state index in [2.05, 4.69) is 21.2 Å². The standard InChI is InChI=1S/C12H12BrCl2NO3S/c13-10-5-8(20(15,18)19)4-9(11(10)14)12(17)16-6-7-2-1-3-7/h4-5,7H,1-3,6H2,(H,16,17). The van der Waals surface area contributed by atoms with Crippen molar-refractivity contribution in [1.29, 1.82) is 0 Å². The molecule has 0 aliphatic heterocycles. The largest absolute Gasteiger partial charge is 0.352 e. The summed E-state index contributed by atoms with van der Waals surface area (Å²) in [6, 6.07) is 2.46. The van der Waals surface area contributed by atoms with Crippen LogP contribution in [-0.4, -0.2) is 20.9 Å². The molecule has 4 nitrogen and oxygen atoms in total. The Bertz CT molecular complexity index is 644. The number of rotatable bonds is 4. The summed E-state index contributed by atoms with van der Waals surface area (Å²) in [6.07, 6.45) is 3.40. The van der Waals surface area contributed by atoms with Gasteiger partial charge in [0.15, 0.2) is 0 Å². The summed E-state index contributed by atoms with van der Waals surface area (Å²) in [6.45, 7) is 0.574. The molecule has 1 aliphatic rings. The minimum atomic E-state index is -3.92. The molecule has 0 aromatic heterocycles. The van der Waals surface area contributed by atoms with Crippen LogP contribution in [0.3, 0.4) is 0 Å². The predicted octanol–water partition coefficient (Wildman–Crippen LogP) is 3.56. The predicted molar refractivity (Wildman–Crippen MR) is 81.9 cm³/mol. The number of hydrogen-bond acceptors (Lipinski definition) is 3. The van der Waals surface area contributed by atoms with E-state index in [1.165, 1.54) is 18.6 Å². The molecule has 1 amide bonds. The van der Waals surface area contributed by atoms with Gasteiger partial charge in [0.25, 0.3) is 15.0 Å². The molecular formula is C12H12BrCl2NO3S. The van der Waals surface area contributed by atoms with Gasteiger partial charge < -0.3 is 5.32 Å². The first-order valence-corrected chi connectivity index (χ1v) is 9.49. The Morgan fingerprint density at radius 3 is 2.55 bits per heavy atom. The fraction of sp³-hybridized carbons (Fsp3) is 0.417. The van der Waals surface area contributed by atoms with E-state index in [0.29, 0.717) is 16.9 Å². The molecule has 0 unspecified atom stereocenters. The highest BCUT2D eigenvalue weighted by molar-refractivity contribution is 9.10. The van der Waals surface area contributed by atoms with E-state index in [0.717, 1.165) is 12.8 Å². The Balaban J connectivity index is 2.24. The molecule has 1 saturated carbocycles. The maximum atomic E-state index is 12.1. The summed E-state index contributed by atoms with van der Waals surface area (Å²) < 4.78 is 23.0. The highest BCUT2D eigenvalue weighted by Crippen LogP contribution is 2.31. The van der Waals surface area contributed by atoms with Crippen molar-refractivity contribution in [3.8, 4) is 0 Å². The molecule has 0 bridgehead atoms. The molecule has 8 heteroatoms. The number of amides is 1. The van der Waals surface area contributed by atoms with Crippen LogP contribution in [0.1, 0.15) is 29.6 Å². The number of benzene rings is 1. The van der Waals surface area contributed by atoms with Crippen LogP contribution in [0.15, 0.2) is 21.5 Å². The van der Waals surface area contributed by atoms with Crippen molar-refractivity contribution >= 4 is 53.2 Å². The average molecular weight is 401 g/mol. The Labute approximate surface area is 135 Å². The zero-order valence-corrected chi connectivity index (χ0v) is 14.2. The van der Waals surface area contributed by atoms with Gasteiger partial charge in [-0.2, -0.15) is 0 Å². The second-order valence-electron chi connectivity index (χ2n) is 4.71. The number of nitrogens with one attached hydrogen (secondary N) is 1. The Morgan fingerprint density at radius 2 is 2.05 bits per heavy atom. The Kier molecular flexibility index (Phi) is 5.00. The fourth-order valence-corrected chi connectivity index (χ4v) is 3.49. The Hall–Kier alpha value is -0.300. The molecule has 1 N–H and O–H groups in total. The SMILES string of the molecule is O=C(NCC1CCC1)c1cc(S(=O)(=O)Cl)cc(Br)c1Cl. The molecule has 0 heterocycles. The molecule has 1 aliphatic carbocycles. The zero-order valence-electron chi connectivity index (χ0n) is 10.3. The molecule has 0 radical (unpaired) electrons. The van der Waals surface area contributed by atoms with Gasteiger partial charge in [-0.15, -0.1) is 0 Å². The van der Waals surface area contributed by atoms with Crippen molar-refractivity contribution < 1.29 is 13.2 Å². The van der Waals surface area contributed by atoms with Crippen molar-refractivity contribution in [1.82, 2.24) is 5.32 Å². The lowest BCUT2D eigenvalue weighted by Gasteiger charge is -2.25. The highest BCUT2D eigenvalue weighted by atomic mass is 79.9. The summed E-state index contributed by atoms with van der Waals surface area (Å²) in [5.41, 5.74) is 0.0968. The van der Waals surface area contributed by atoms with Gasteiger partial charge in [-0.1, -0.05) is 18.0 Å². The van der Waals surface area contributed by atoms with Gasteiger partial charge in [0.2, 0.25) is 0 Å². The van der Waals surface area contributed by atoms with E-state index in [1.54, 1.807) is 0 Å². The molecule has 1 aromatic carbocycles. The average Bonchev–Trinajstić information content (AvgIpc) is 2.28. The molecule has 0 atom stereocenters. The van der Waals surface area contributed by atoms with Gasteiger partial charge in [-0.25, -0.2) is 8.42 Å². The minimum absolute atomic E-state index is 0.0968. The third kappa shape index (κ3) is 3.67. The third-order valence-electron chi connectivity index (χ3n) is 3.30. The number of carbonyl (C=O) groups excluding carboxylic acids is 1. The second kappa shape index (κ2) is 6.22. The summed E-state index contributed by atoms with van der Waals surface area (Å²) in [5.74, 6) is 0.103. The van der Waals surface area contributed by atoms with Crippen LogP contribution in [0.2, 0.25) is 5.02 Å². The zero-order chi connectivity index (χ0) is 14.9. The van der Waals surface area contributed by atoms with Crippen LogP contribution >= 0.6 is 38.2 Å². The number of halogens is 3. The van der Waals surface area contributed by atoms with Gasteiger partial charge >= 0.3 is 0 Å². The molecule has 0 saturated heterocycles. The summed E-state index contributed by atoms with van der Waals surface area (Å²) in [7, 11) is 1.38. The first-order chi connectivity index (χ1) is 9.29. The minimum Gasteiger partial charge on any atom is -0.352 e. The highest BCUT2D eigenvalue weighted by Gasteiger charge is 2.22. The lowest BCUT2D eigenvalue weighted by molar-refractivity contribution is 0.0939. The van der Waals surface area contributed by atoms with E-state index in [1.807, 2.05) is 0 Å². The van der Waals surface area contributed by atoms with Crippen LogP contribution in [0.5, 0.6) is 0 Å². The van der Waals surface area contributed by atoms with E-state index >= 15 is 0 Å². The maximum Gasteiger partial charge on any atom is 0.261 e. The van der Waals surface area contributed by atoms with E-state index in [9.17, 15) is 13.2 Å². The Morgan fingerprint density at radius 1 is 1.40 bits per heavy atom. The van der Waals surface area contributed by atoms with Gasteiger partial charge in [-0.05, 0) is 46.8 Å². The quantitative estimate of drug-likeness (QED) is 0.786. The normalized spacial score (nSPS) is 15.8. The molecule has 110 valence electrons. The topological polar surface area (TPSA) is 63.2 Å². The number of hydrogen-bond donors (Lipinski definition) is 1. The molecule has 0 spiro atoms. The van der Waals surface area contributed by atoms with Crippen LogP contribution in [0.4, 0.5) is 0 Å². The van der Waals surface area contributed by atoms with E-state index in [4.69, 9.17) is 22.3 Å². The van der Waals surface area contributed by atoms with Gasteiger partial charge in [0.05, 0.1) is 15.5 Å². The maximum absolute atomic E-state index is 12.1.